The van der Waals surface area contributed by atoms with Crippen LogP contribution in [0.1, 0.15) is 0 Å². The van der Waals surface area contributed by atoms with E-state index in [9.17, 15) is 0 Å². The maximum Gasteiger partial charge on any atom is 0.0541 e. The predicted molar refractivity (Wildman–Crippen MR) is 215 cm³/mol. The molecule has 0 saturated heterocycles. The first-order chi connectivity index (χ1) is 24.8. The third-order valence-electron chi connectivity index (χ3n) is 10.0. The Kier molecular flexibility index (Phi) is 6.75. The molecule has 2 heteroatoms. The van der Waals surface area contributed by atoms with Gasteiger partial charge in [0.1, 0.15) is 0 Å². The Morgan fingerprint density at radius 2 is 0.820 bits per heavy atom. The molecule has 1 nitrogen and oxygen atoms in total. The number of hydrogen-bond acceptors (Lipinski definition) is 1. The van der Waals surface area contributed by atoms with Crippen molar-refractivity contribution in [3.05, 3.63) is 188 Å². The van der Waals surface area contributed by atoms with Crippen molar-refractivity contribution in [3.63, 3.8) is 0 Å². The summed E-state index contributed by atoms with van der Waals surface area (Å²) in [6.45, 7) is 0. The summed E-state index contributed by atoms with van der Waals surface area (Å²) in [5.41, 5.74) is 13.4. The van der Waals surface area contributed by atoms with Crippen molar-refractivity contribution >= 4 is 53.3 Å². The summed E-state index contributed by atoms with van der Waals surface area (Å²) in [7, 11) is 0. The highest BCUT2D eigenvalue weighted by molar-refractivity contribution is 7.25. The number of fused-ring (bicyclic) bond motifs is 6. The van der Waals surface area contributed by atoms with Crippen LogP contribution >= 0.6 is 11.3 Å². The van der Waals surface area contributed by atoms with Crippen LogP contribution in [0.5, 0.6) is 0 Å². The molecule has 0 atom stereocenters. The van der Waals surface area contributed by atoms with Crippen molar-refractivity contribution in [2.24, 2.45) is 0 Å². The fourth-order valence-electron chi connectivity index (χ4n) is 7.60. The van der Waals surface area contributed by atoms with Gasteiger partial charge < -0.3 is 4.57 Å². The van der Waals surface area contributed by atoms with E-state index in [-0.39, 0.29) is 0 Å². The zero-order valence-corrected chi connectivity index (χ0v) is 28.1. The highest BCUT2D eigenvalue weighted by atomic mass is 32.1. The predicted octanol–water partition coefficient (Wildman–Crippen LogP) is 13.8. The zero-order chi connectivity index (χ0) is 33.0. The molecule has 0 amide bonds. The molecule has 0 aliphatic heterocycles. The minimum Gasteiger partial charge on any atom is -0.309 e. The highest BCUT2D eigenvalue weighted by Crippen LogP contribution is 2.41. The summed E-state index contributed by atoms with van der Waals surface area (Å²) in [5.74, 6) is 0. The fourth-order valence-corrected chi connectivity index (χ4v) is 8.74. The Morgan fingerprint density at radius 1 is 0.320 bits per heavy atom. The van der Waals surface area contributed by atoms with Gasteiger partial charge in [-0.1, -0.05) is 140 Å². The van der Waals surface area contributed by atoms with Crippen molar-refractivity contribution < 1.29 is 0 Å². The van der Waals surface area contributed by atoms with Gasteiger partial charge in [-0.15, -0.1) is 11.3 Å². The van der Waals surface area contributed by atoms with Gasteiger partial charge in [0.2, 0.25) is 0 Å². The molecule has 234 valence electrons. The molecule has 0 aliphatic rings. The second kappa shape index (κ2) is 11.7. The van der Waals surface area contributed by atoms with Gasteiger partial charge in [0.15, 0.2) is 0 Å². The largest absolute Gasteiger partial charge is 0.309 e. The lowest BCUT2D eigenvalue weighted by atomic mass is 9.97. The maximum absolute atomic E-state index is 2.43. The van der Waals surface area contributed by atoms with Gasteiger partial charge in [0.05, 0.1) is 11.0 Å². The molecule has 0 saturated carbocycles. The summed E-state index contributed by atoms with van der Waals surface area (Å²) < 4.78 is 5.09. The van der Waals surface area contributed by atoms with E-state index in [2.05, 4.69) is 193 Å². The Bertz CT molecular complexity index is 2740. The first-order valence-corrected chi connectivity index (χ1v) is 17.9. The molecule has 0 N–H and O–H groups in total. The van der Waals surface area contributed by atoms with Crippen molar-refractivity contribution in [1.82, 2.24) is 4.57 Å². The fraction of sp³-hybridized carbons (Fsp3) is 0. The van der Waals surface area contributed by atoms with Gasteiger partial charge >= 0.3 is 0 Å². The van der Waals surface area contributed by atoms with Crippen LogP contribution < -0.4 is 0 Å². The molecule has 2 aromatic heterocycles. The quantitative estimate of drug-likeness (QED) is 0.174. The molecule has 0 aliphatic carbocycles. The van der Waals surface area contributed by atoms with Crippen LogP contribution in [0.25, 0.3) is 92.2 Å². The van der Waals surface area contributed by atoms with Crippen LogP contribution in [-0.2, 0) is 0 Å². The van der Waals surface area contributed by atoms with E-state index in [1.807, 2.05) is 11.3 Å². The molecular weight excluding hydrogens is 623 g/mol. The van der Waals surface area contributed by atoms with E-state index in [0.29, 0.717) is 0 Å². The van der Waals surface area contributed by atoms with Gasteiger partial charge in [-0.2, -0.15) is 0 Å². The minimum absolute atomic E-state index is 1.15. The maximum atomic E-state index is 2.43. The number of thiophene rings is 1. The molecule has 0 bridgehead atoms. The van der Waals surface area contributed by atoms with Gasteiger partial charge in [-0.05, 0) is 93.0 Å². The molecule has 0 fully saturated rings. The van der Waals surface area contributed by atoms with Gasteiger partial charge in [0, 0.05) is 36.6 Å². The molecule has 10 aromatic rings. The molecule has 2 heterocycles. The average Bonchev–Trinajstić information content (AvgIpc) is 3.74. The Morgan fingerprint density at radius 3 is 1.50 bits per heavy atom. The highest BCUT2D eigenvalue weighted by Gasteiger charge is 2.16. The number of benzene rings is 8. The lowest BCUT2D eigenvalue weighted by molar-refractivity contribution is 1.18. The van der Waals surface area contributed by atoms with Crippen LogP contribution in [0, 0.1) is 0 Å². The number of hydrogen-bond donors (Lipinski definition) is 0. The van der Waals surface area contributed by atoms with E-state index >= 15 is 0 Å². The normalized spacial score (nSPS) is 11.6. The summed E-state index contributed by atoms with van der Waals surface area (Å²) in [5, 5.41) is 5.19. The second-order valence-corrected chi connectivity index (χ2v) is 14.0. The first-order valence-electron chi connectivity index (χ1n) is 17.1. The van der Waals surface area contributed by atoms with Crippen LogP contribution in [0.3, 0.4) is 0 Å². The molecule has 0 spiro atoms. The van der Waals surface area contributed by atoms with E-state index in [4.69, 9.17) is 0 Å². The van der Waals surface area contributed by atoms with Crippen LogP contribution in [-0.4, -0.2) is 4.57 Å². The number of aromatic nitrogens is 1. The van der Waals surface area contributed by atoms with E-state index in [0.717, 1.165) is 5.69 Å². The van der Waals surface area contributed by atoms with Crippen molar-refractivity contribution in [2.75, 3.05) is 0 Å². The Balaban J connectivity index is 1.09. The summed E-state index contributed by atoms with van der Waals surface area (Å²) >= 11 is 1.87. The van der Waals surface area contributed by atoms with E-state index in [1.54, 1.807) is 0 Å². The first kappa shape index (κ1) is 28.8. The van der Waals surface area contributed by atoms with Crippen molar-refractivity contribution in [3.8, 4) is 50.2 Å². The standard InChI is InChI=1S/C48H31NS/c1-3-11-32(12-4-1)37-25-27-44-42(30-37)43-31-38(33-13-5-2-6-14-33)26-28-45(43)49(44)39-16-9-15-36(29-39)34-21-23-35(24-22-34)40-18-10-20-47-48(40)41-17-7-8-19-46(41)50-47/h1-31H. The lowest BCUT2D eigenvalue weighted by Gasteiger charge is -2.12. The van der Waals surface area contributed by atoms with Gasteiger partial charge in [-0.25, -0.2) is 0 Å². The second-order valence-electron chi connectivity index (χ2n) is 12.9. The molecule has 50 heavy (non-hydrogen) atoms. The molecular formula is C48H31NS. The molecule has 0 radical (unpaired) electrons. The van der Waals surface area contributed by atoms with Crippen molar-refractivity contribution in [2.45, 2.75) is 0 Å². The minimum atomic E-state index is 1.15. The van der Waals surface area contributed by atoms with Gasteiger partial charge in [-0.3, -0.25) is 0 Å². The summed E-state index contributed by atoms with van der Waals surface area (Å²) in [4.78, 5) is 0. The lowest BCUT2D eigenvalue weighted by Crippen LogP contribution is -1.94. The van der Waals surface area contributed by atoms with E-state index < -0.39 is 0 Å². The Hall–Kier alpha value is -6.22. The monoisotopic (exact) mass is 653 g/mol. The summed E-state index contributed by atoms with van der Waals surface area (Å²) in [6.07, 6.45) is 0. The average molecular weight is 654 g/mol. The third kappa shape index (κ3) is 4.76. The topological polar surface area (TPSA) is 4.93 Å². The van der Waals surface area contributed by atoms with E-state index in [1.165, 1.54) is 86.5 Å². The number of rotatable bonds is 5. The van der Waals surface area contributed by atoms with Crippen molar-refractivity contribution in [1.29, 1.82) is 0 Å². The zero-order valence-electron chi connectivity index (χ0n) is 27.3. The Labute approximate surface area is 295 Å². The van der Waals surface area contributed by atoms with Gasteiger partial charge in [0.25, 0.3) is 0 Å². The smallest absolute Gasteiger partial charge is 0.0541 e. The molecule has 8 aromatic carbocycles. The van der Waals surface area contributed by atoms with Crippen LogP contribution in [0.15, 0.2) is 188 Å². The molecule has 10 rings (SSSR count). The summed E-state index contributed by atoms with van der Waals surface area (Å²) in [6, 6.07) is 68.6. The van der Waals surface area contributed by atoms with Crippen LogP contribution in [0.2, 0.25) is 0 Å². The molecule has 0 unspecified atom stereocenters. The van der Waals surface area contributed by atoms with Crippen LogP contribution in [0.4, 0.5) is 0 Å². The SMILES string of the molecule is c1ccc(-c2ccc3c(c2)c2cc(-c4ccccc4)ccc2n3-c2cccc(-c3ccc(-c4cccc5sc6ccccc6c45)cc3)c2)cc1. The number of nitrogens with zero attached hydrogens (tertiary/aromatic N) is 1. The third-order valence-corrected chi connectivity index (χ3v) is 11.2.